The number of nitrogens with zero attached hydrogens (tertiary/aromatic N) is 1. The average Bonchev–Trinajstić information content (AvgIpc) is 2.83. The minimum Gasteiger partial charge on any atom is -0.495 e. The van der Waals surface area contributed by atoms with E-state index in [0.29, 0.717) is 11.5 Å². The van der Waals surface area contributed by atoms with Gasteiger partial charge in [-0.1, -0.05) is 12.1 Å². The predicted molar refractivity (Wildman–Crippen MR) is 123 cm³/mol. The van der Waals surface area contributed by atoms with Crippen LogP contribution in [0.2, 0.25) is 0 Å². The highest BCUT2D eigenvalue weighted by Gasteiger charge is 2.33. The fourth-order valence-corrected chi connectivity index (χ4v) is 3.14. The SMILES string of the molecule is CNC(=O)c1cc(Oc2ccc(CNC(=O)Nc3cc(C(F)(F)F)c(C)cc3OC)cc2)ccn1. The molecule has 0 saturated heterocycles. The van der Waals surface area contributed by atoms with Gasteiger partial charge in [-0.05, 0) is 48.4 Å². The van der Waals surface area contributed by atoms with Crippen molar-refractivity contribution in [3.05, 3.63) is 77.1 Å². The van der Waals surface area contributed by atoms with E-state index in [4.69, 9.17) is 9.47 Å². The lowest BCUT2D eigenvalue weighted by Gasteiger charge is -2.16. The van der Waals surface area contributed by atoms with Gasteiger partial charge in [-0.25, -0.2) is 4.79 Å². The summed E-state index contributed by atoms with van der Waals surface area (Å²) in [6.07, 6.45) is -3.11. The summed E-state index contributed by atoms with van der Waals surface area (Å²) >= 11 is 0. The molecule has 0 radical (unpaired) electrons. The van der Waals surface area contributed by atoms with Crippen LogP contribution in [-0.2, 0) is 12.7 Å². The number of benzene rings is 2. The molecule has 0 unspecified atom stereocenters. The first-order valence-electron chi connectivity index (χ1n) is 10.4. The summed E-state index contributed by atoms with van der Waals surface area (Å²) in [5.74, 6) is 0.696. The van der Waals surface area contributed by atoms with Gasteiger partial charge >= 0.3 is 12.2 Å². The van der Waals surface area contributed by atoms with Gasteiger partial charge in [-0.3, -0.25) is 9.78 Å². The highest BCUT2D eigenvalue weighted by atomic mass is 19.4. The summed E-state index contributed by atoms with van der Waals surface area (Å²) in [4.78, 5) is 28.0. The van der Waals surface area contributed by atoms with Gasteiger partial charge in [0, 0.05) is 25.9 Å². The highest BCUT2D eigenvalue weighted by molar-refractivity contribution is 5.92. The van der Waals surface area contributed by atoms with Crippen molar-refractivity contribution in [2.24, 2.45) is 0 Å². The summed E-state index contributed by atoms with van der Waals surface area (Å²) in [6, 6.07) is 11.2. The third-order valence-corrected chi connectivity index (χ3v) is 4.90. The number of urea groups is 1. The second-order valence-electron chi connectivity index (χ2n) is 7.37. The maximum Gasteiger partial charge on any atom is 0.416 e. The van der Waals surface area contributed by atoms with E-state index in [9.17, 15) is 22.8 Å². The standard InChI is InChI=1S/C24H23F3N4O4/c1-14-10-21(34-3)19(12-18(14)24(25,26)27)31-23(33)30-13-15-4-6-16(7-5-15)35-17-8-9-29-20(11-17)22(32)28-2/h4-12H,13H2,1-3H3,(H,28,32)(H2,30,31,33). The molecule has 0 spiro atoms. The zero-order chi connectivity index (χ0) is 25.6. The third-order valence-electron chi connectivity index (χ3n) is 4.90. The van der Waals surface area contributed by atoms with Crippen molar-refractivity contribution in [3.63, 3.8) is 0 Å². The Balaban J connectivity index is 1.61. The smallest absolute Gasteiger partial charge is 0.416 e. The molecule has 0 bridgehead atoms. The number of amides is 3. The first-order chi connectivity index (χ1) is 16.6. The molecule has 0 aliphatic heterocycles. The number of alkyl halides is 3. The topological polar surface area (TPSA) is 102 Å². The Labute approximate surface area is 199 Å². The van der Waals surface area contributed by atoms with Gasteiger partial charge in [-0.15, -0.1) is 0 Å². The number of pyridine rings is 1. The Kier molecular flexibility index (Phi) is 7.80. The van der Waals surface area contributed by atoms with Crippen molar-refractivity contribution in [3.8, 4) is 17.2 Å². The molecule has 11 heteroatoms. The molecule has 2 aromatic carbocycles. The number of halogens is 3. The van der Waals surface area contributed by atoms with Gasteiger partial charge < -0.3 is 25.4 Å². The van der Waals surface area contributed by atoms with E-state index < -0.39 is 17.8 Å². The normalized spacial score (nSPS) is 10.9. The lowest BCUT2D eigenvalue weighted by atomic mass is 10.1. The molecule has 8 nitrogen and oxygen atoms in total. The molecular weight excluding hydrogens is 465 g/mol. The molecule has 3 amide bonds. The molecule has 1 aromatic heterocycles. The molecular formula is C24H23F3N4O4. The van der Waals surface area contributed by atoms with Crippen LogP contribution in [0, 0.1) is 6.92 Å². The van der Waals surface area contributed by atoms with Gasteiger partial charge in [0.2, 0.25) is 0 Å². The summed E-state index contributed by atoms with van der Waals surface area (Å²) in [7, 11) is 2.81. The van der Waals surface area contributed by atoms with E-state index in [1.54, 1.807) is 30.3 Å². The van der Waals surface area contributed by atoms with E-state index in [-0.39, 0.29) is 35.1 Å². The number of hydrogen-bond donors (Lipinski definition) is 3. The molecule has 3 rings (SSSR count). The number of hydrogen-bond acceptors (Lipinski definition) is 5. The maximum atomic E-state index is 13.2. The lowest BCUT2D eigenvalue weighted by molar-refractivity contribution is -0.138. The molecule has 0 aliphatic carbocycles. The van der Waals surface area contributed by atoms with Crippen molar-refractivity contribution in [1.82, 2.24) is 15.6 Å². The Bertz CT molecular complexity index is 1210. The zero-order valence-corrected chi connectivity index (χ0v) is 19.1. The fraction of sp³-hybridized carbons (Fsp3) is 0.208. The number of aromatic nitrogens is 1. The van der Waals surface area contributed by atoms with Crippen LogP contribution in [0.5, 0.6) is 17.2 Å². The van der Waals surface area contributed by atoms with E-state index in [2.05, 4.69) is 20.9 Å². The molecule has 0 saturated carbocycles. The van der Waals surface area contributed by atoms with Crippen molar-refractivity contribution in [1.29, 1.82) is 0 Å². The summed E-state index contributed by atoms with van der Waals surface area (Å²) < 4.78 is 50.5. The zero-order valence-electron chi connectivity index (χ0n) is 19.1. The van der Waals surface area contributed by atoms with Gasteiger partial charge in [0.15, 0.2) is 0 Å². The van der Waals surface area contributed by atoms with E-state index >= 15 is 0 Å². The number of carbonyl (C=O) groups excluding carboxylic acids is 2. The number of ether oxygens (including phenoxy) is 2. The van der Waals surface area contributed by atoms with Gasteiger partial charge in [0.05, 0.1) is 18.4 Å². The molecule has 0 fully saturated rings. The van der Waals surface area contributed by atoms with E-state index in [0.717, 1.165) is 11.6 Å². The third kappa shape index (κ3) is 6.62. The van der Waals surface area contributed by atoms with Crippen LogP contribution in [0.25, 0.3) is 0 Å². The molecule has 35 heavy (non-hydrogen) atoms. The number of methoxy groups -OCH3 is 1. The van der Waals surface area contributed by atoms with Crippen molar-refractivity contribution in [2.75, 3.05) is 19.5 Å². The summed E-state index contributed by atoms with van der Waals surface area (Å²) in [5.41, 5.74) is -0.0373. The summed E-state index contributed by atoms with van der Waals surface area (Å²) in [5, 5.41) is 7.47. The van der Waals surface area contributed by atoms with Gasteiger partial charge in [0.25, 0.3) is 5.91 Å². The van der Waals surface area contributed by atoms with Crippen LogP contribution in [0.4, 0.5) is 23.7 Å². The molecule has 3 aromatic rings. The highest BCUT2D eigenvalue weighted by Crippen LogP contribution is 2.37. The Morgan fingerprint density at radius 1 is 1.03 bits per heavy atom. The quantitative estimate of drug-likeness (QED) is 0.440. The van der Waals surface area contributed by atoms with Crippen LogP contribution in [0.15, 0.2) is 54.7 Å². The Morgan fingerprint density at radius 3 is 2.37 bits per heavy atom. The minimum atomic E-state index is -4.56. The average molecular weight is 488 g/mol. The lowest BCUT2D eigenvalue weighted by Crippen LogP contribution is -2.28. The Morgan fingerprint density at radius 2 is 1.74 bits per heavy atom. The predicted octanol–water partition coefficient (Wildman–Crippen LogP) is 4.89. The number of nitrogens with one attached hydrogen (secondary N) is 3. The Hall–Kier alpha value is -4.28. The molecule has 184 valence electrons. The van der Waals surface area contributed by atoms with Crippen molar-refractivity contribution in [2.45, 2.75) is 19.6 Å². The van der Waals surface area contributed by atoms with Crippen LogP contribution in [0.3, 0.4) is 0 Å². The van der Waals surface area contributed by atoms with Crippen LogP contribution in [-0.4, -0.2) is 31.1 Å². The monoisotopic (exact) mass is 488 g/mol. The number of rotatable bonds is 7. The van der Waals surface area contributed by atoms with E-state index in [1.807, 2.05) is 0 Å². The van der Waals surface area contributed by atoms with Crippen LogP contribution < -0.4 is 25.4 Å². The van der Waals surface area contributed by atoms with Gasteiger partial charge in [0.1, 0.15) is 22.9 Å². The number of anilines is 1. The number of aryl methyl sites for hydroxylation is 1. The van der Waals surface area contributed by atoms with Crippen LogP contribution in [0.1, 0.15) is 27.2 Å². The molecule has 0 atom stereocenters. The fourth-order valence-electron chi connectivity index (χ4n) is 3.14. The largest absolute Gasteiger partial charge is 0.495 e. The van der Waals surface area contributed by atoms with Crippen molar-refractivity contribution < 1.29 is 32.2 Å². The molecule has 3 N–H and O–H groups in total. The second-order valence-corrected chi connectivity index (χ2v) is 7.37. The first-order valence-corrected chi connectivity index (χ1v) is 10.4. The van der Waals surface area contributed by atoms with Gasteiger partial charge in [-0.2, -0.15) is 13.2 Å². The van der Waals surface area contributed by atoms with Crippen molar-refractivity contribution >= 4 is 17.6 Å². The first kappa shape index (κ1) is 25.3. The second kappa shape index (κ2) is 10.8. The summed E-state index contributed by atoms with van der Waals surface area (Å²) in [6.45, 7) is 1.43. The maximum absolute atomic E-state index is 13.2. The van der Waals surface area contributed by atoms with E-state index in [1.165, 1.54) is 39.4 Å². The number of carbonyl (C=O) groups is 2. The van der Waals surface area contributed by atoms with Crippen LogP contribution >= 0.6 is 0 Å². The minimum absolute atomic E-state index is 0.0146. The molecule has 1 heterocycles. The molecule has 0 aliphatic rings.